The molecule has 2 heterocycles. The molecule has 0 spiro atoms. The van der Waals surface area contributed by atoms with Crippen molar-refractivity contribution >= 4 is 17.3 Å². The van der Waals surface area contributed by atoms with Crippen LogP contribution < -0.4 is 9.80 Å². The van der Waals surface area contributed by atoms with E-state index in [4.69, 9.17) is 4.52 Å². The fraction of sp³-hybridized carbons (Fsp3) is 0.467. The van der Waals surface area contributed by atoms with Crippen LogP contribution in [0.1, 0.15) is 24.7 Å². The number of piperidine rings is 1. The molecule has 122 valence electrons. The van der Waals surface area contributed by atoms with Gasteiger partial charge in [0.2, 0.25) is 5.89 Å². The van der Waals surface area contributed by atoms with Crippen molar-refractivity contribution in [3.8, 4) is 0 Å². The molecule has 0 bridgehead atoms. The highest BCUT2D eigenvalue weighted by Gasteiger charge is 2.26. The topological polar surface area (TPSA) is 88.5 Å². The number of hydrogen-bond acceptors (Lipinski definition) is 7. The van der Waals surface area contributed by atoms with Crippen molar-refractivity contribution in [3.05, 3.63) is 40.3 Å². The number of rotatable bonds is 4. The third-order valence-corrected chi connectivity index (χ3v) is 4.03. The number of non-ortho nitro benzene ring substituents is 1. The molecule has 1 aliphatic rings. The Balaban J connectivity index is 1.73. The van der Waals surface area contributed by atoms with Crippen LogP contribution >= 0.6 is 0 Å². The van der Waals surface area contributed by atoms with E-state index in [1.54, 1.807) is 12.1 Å². The zero-order chi connectivity index (χ0) is 16.4. The average molecular weight is 317 g/mol. The number of nitrogens with zero attached hydrogens (tertiary/aromatic N) is 5. The maximum absolute atomic E-state index is 10.7. The third kappa shape index (κ3) is 3.25. The second-order valence-corrected chi connectivity index (χ2v) is 5.89. The van der Waals surface area contributed by atoms with Gasteiger partial charge in [0.15, 0.2) is 0 Å². The summed E-state index contributed by atoms with van der Waals surface area (Å²) in [6, 6.07) is 6.66. The summed E-state index contributed by atoms with van der Waals surface area (Å²) >= 11 is 0. The van der Waals surface area contributed by atoms with E-state index in [-0.39, 0.29) is 16.5 Å². The summed E-state index contributed by atoms with van der Waals surface area (Å²) in [4.78, 5) is 18.8. The van der Waals surface area contributed by atoms with Crippen LogP contribution in [0.25, 0.3) is 0 Å². The van der Waals surface area contributed by atoms with Gasteiger partial charge in [-0.1, -0.05) is 0 Å². The molecule has 1 saturated heterocycles. The summed E-state index contributed by atoms with van der Waals surface area (Å²) in [6.07, 6.45) is 2.01. The molecule has 0 aliphatic carbocycles. The van der Waals surface area contributed by atoms with Crippen molar-refractivity contribution in [1.82, 2.24) is 10.1 Å². The van der Waals surface area contributed by atoms with E-state index in [2.05, 4.69) is 15.0 Å². The van der Waals surface area contributed by atoms with Crippen molar-refractivity contribution in [2.75, 3.05) is 37.0 Å². The van der Waals surface area contributed by atoms with Crippen molar-refractivity contribution < 1.29 is 9.45 Å². The number of benzene rings is 1. The maximum atomic E-state index is 10.7. The molecule has 0 saturated carbocycles. The van der Waals surface area contributed by atoms with E-state index in [1.165, 1.54) is 12.1 Å². The van der Waals surface area contributed by atoms with E-state index < -0.39 is 0 Å². The molecule has 3 rings (SSSR count). The lowest BCUT2D eigenvalue weighted by Gasteiger charge is -2.32. The van der Waals surface area contributed by atoms with Gasteiger partial charge in [-0.05, 0) is 30.1 Å². The monoisotopic (exact) mass is 317 g/mol. The Morgan fingerprint density at radius 2 is 2.09 bits per heavy atom. The van der Waals surface area contributed by atoms with E-state index in [1.807, 2.05) is 19.0 Å². The first-order valence-electron chi connectivity index (χ1n) is 7.55. The lowest BCUT2D eigenvalue weighted by molar-refractivity contribution is -0.384. The Kier molecular flexibility index (Phi) is 4.14. The maximum Gasteiger partial charge on any atom is 0.269 e. The van der Waals surface area contributed by atoms with Crippen LogP contribution in [0.2, 0.25) is 0 Å². The smallest absolute Gasteiger partial charge is 0.269 e. The molecule has 8 heteroatoms. The lowest BCUT2D eigenvalue weighted by atomic mass is 9.97. The zero-order valence-corrected chi connectivity index (χ0v) is 13.2. The Labute approximate surface area is 133 Å². The highest BCUT2D eigenvalue weighted by molar-refractivity contribution is 5.51. The summed E-state index contributed by atoms with van der Waals surface area (Å²) in [5.41, 5.74) is 1.09. The molecule has 1 aromatic carbocycles. The van der Waals surface area contributed by atoms with Crippen LogP contribution in [0, 0.1) is 10.1 Å². The predicted octanol–water partition coefficient (Wildman–Crippen LogP) is 2.43. The van der Waals surface area contributed by atoms with Crippen LogP contribution in [0.3, 0.4) is 0 Å². The van der Waals surface area contributed by atoms with Crippen molar-refractivity contribution in [2.24, 2.45) is 0 Å². The predicted molar refractivity (Wildman–Crippen MR) is 85.9 cm³/mol. The summed E-state index contributed by atoms with van der Waals surface area (Å²) in [5.74, 6) is 1.41. The molecule has 1 aromatic heterocycles. The molecule has 1 aliphatic heterocycles. The molecule has 1 atom stereocenters. The average Bonchev–Trinajstić information content (AvgIpc) is 3.05. The molecular formula is C15H19N5O3. The van der Waals surface area contributed by atoms with Gasteiger partial charge >= 0.3 is 0 Å². The number of hydrogen-bond donors (Lipinski definition) is 0. The molecule has 1 unspecified atom stereocenters. The van der Waals surface area contributed by atoms with Gasteiger partial charge in [0, 0.05) is 45.0 Å². The van der Waals surface area contributed by atoms with Crippen LogP contribution in [-0.2, 0) is 0 Å². The van der Waals surface area contributed by atoms with E-state index in [0.29, 0.717) is 11.8 Å². The van der Waals surface area contributed by atoms with Gasteiger partial charge in [-0.2, -0.15) is 4.98 Å². The highest BCUT2D eigenvalue weighted by atomic mass is 16.6. The molecule has 0 amide bonds. The van der Waals surface area contributed by atoms with Crippen LogP contribution in [0.5, 0.6) is 0 Å². The Bertz CT molecular complexity index is 683. The number of nitro benzene ring substituents is 1. The van der Waals surface area contributed by atoms with Crippen molar-refractivity contribution in [1.29, 1.82) is 0 Å². The summed E-state index contributed by atoms with van der Waals surface area (Å²) in [5, 5.41) is 14.7. The largest absolute Gasteiger partial charge is 0.371 e. The Morgan fingerprint density at radius 3 is 2.70 bits per heavy atom. The fourth-order valence-corrected chi connectivity index (χ4v) is 2.77. The molecule has 8 nitrogen and oxygen atoms in total. The van der Waals surface area contributed by atoms with Crippen molar-refractivity contribution in [3.63, 3.8) is 0 Å². The second-order valence-electron chi connectivity index (χ2n) is 5.89. The quantitative estimate of drug-likeness (QED) is 0.632. The minimum atomic E-state index is -0.385. The summed E-state index contributed by atoms with van der Waals surface area (Å²) < 4.78 is 5.38. The molecule has 1 fully saturated rings. The first kappa shape index (κ1) is 15.3. The van der Waals surface area contributed by atoms with Gasteiger partial charge in [-0.25, -0.2) is 0 Å². The normalized spacial score (nSPS) is 18.0. The van der Waals surface area contributed by atoms with E-state index in [0.717, 1.165) is 31.6 Å². The number of anilines is 2. The standard InChI is InChI=1S/C15H19N5O3/c1-18(2)15-16-14(23-17-15)11-4-3-9-19(10-11)12-5-7-13(8-6-12)20(21)22/h5-8,11H,3-4,9-10H2,1-2H3. The van der Waals surface area contributed by atoms with Gasteiger partial charge in [0.1, 0.15) is 0 Å². The Morgan fingerprint density at radius 1 is 1.35 bits per heavy atom. The van der Waals surface area contributed by atoms with Gasteiger partial charge in [-0.15, -0.1) is 0 Å². The number of aromatic nitrogens is 2. The van der Waals surface area contributed by atoms with Gasteiger partial charge in [-0.3, -0.25) is 10.1 Å². The molecule has 0 radical (unpaired) electrons. The van der Waals surface area contributed by atoms with Gasteiger partial charge in [0.05, 0.1) is 10.8 Å². The van der Waals surface area contributed by atoms with Crippen LogP contribution in [0.4, 0.5) is 17.3 Å². The summed E-state index contributed by atoms with van der Waals surface area (Å²) in [6.45, 7) is 1.69. The first-order chi connectivity index (χ1) is 11.0. The zero-order valence-electron chi connectivity index (χ0n) is 13.2. The minimum absolute atomic E-state index is 0.106. The SMILES string of the molecule is CN(C)c1noc(C2CCCN(c3ccc([N+](=O)[O-])cc3)C2)n1. The minimum Gasteiger partial charge on any atom is -0.371 e. The van der Waals surface area contributed by atoms with Crippen LogP contribution in [0.15, 0.2) is 28.8 Å². The Hall–Kier alpha value is -2.64. The van der Waals surface area contributed by atoms with Gasteiger partial charge < -0.3 is 14.3 Å². The van der Waals surface area contributed by atoms with E-state index >= 15 is 0 Å². The summed E-state index contributed by atoms with van der Waals surface area (Å²) in [7, 11) is 3.75. The first-order valence-corrected chi connectivity index (χ1v) is 7.55. The molecule has 2 aromatic rings. The molecule has 23 heavy (non-hydrogen) atoms. The van der Waals surface area contributed by atoms with Gasteiger partial charge in [0.25, 0.3) is 11.6 Å². The third-order valence-electron chi connectivity index (χ3n) is 4.03. The molecular weight excluding hydrogens is 298 g/mol. The van der Waals surface area contributed by atoms with Crippen LogP contribution in [-0.4, -0.2) is 42.2 Å². The highest BCUT2D eigenvalue weighted by Crippen LogP contribution is 2.30. The number of nitro groups is 1. The van der Waals surface area contributed by atoms with Crippen molar-refractivity contribution in [2.45, 2.75) is 18.8 Å². The second kappa shape index (κ2) is 6.23. The lowest BCUT2D eigenvalue weighted by Crippen LogP contribution is -2.34. The molecule has 0 N–H and O–H groups in total. The fourth-order valence-electron chi connectivity index (χ4n) is 2.77. The van der Waals surface area contributed by atoms with E-state index in [9.17, 15) is 10.1 Å².